The van der Waals surface area contributed by atoms with Crippen LogP contribution < -0.4 is 20.9 Å². The Morgan fingerprint density at radius 2 is 1.59 bits per heavy atom. The van der Waals surface area contributed by atoms with Gasteiger partial charge in [-0.1, -0.05) is 37.6 Å². The van der Waals surface area contributed by atoms with Crippen LogP contribution in [0, 0.1) is 0 Å². The van der Waals surface area contributed by atoms with Gasteiger partial charge in [0.1, 0.15) is 11.8 Å². The van der Waals surface area contributed by atoms with Crippen LogP contribution in [0.1, 0.15) is 53.1 Å². The van der Waals surface area contributed by atoms with Crippen LogP contribution in [-0.2, 0) is 16.0 Å². The number of anilines is 2. The molecule has 3 N–H and O–H groups in total. The minimum atomic E-state index is -1.11. The Balaban J connectivity index is 0.00000259. The van der Waals surface area contributed by atoms with Crippen LogP contribution in [0.4, 0.5) is 11.4 Å². The highest BCUT2D eigenvalue weighted by molar-refractivity contribution is 6.31. The Morgan fingerprint density at radius 1 is 0.955 bits per heavy atom. The van der Waals surface area contributed by atoms with Gasteiger partial charge >= 0.3 is 5.97 Å². The van der Waals surface area contributed by atoms with E-state index in [0.29, 0.717) is 45.1 Å². The van der Waals surface area contributed by atoms with Crippen LogP contribution >= 0.6 is 11.6 Å². The lowest BCUT2D eigenvalue weighted by atomic mass is 9.97. The first-order valence-electron chi connectivity index (χ1n) is 13.7. The molecular weight excluding hydrogens is 586 g/mol. The van der Waals surface area contributed by atoms with Crippen LogP contribution in [0.5, 0.6) is 5.75 Å². The van der Waals surface area contributed by atoms with E-state index >= 15 is 0 Å². The SMILES string of the molecule is CC.COc1cn(C(Cc2ccc(NC=O)cc2)C(=O)Nc2ccc(C(=O)O)cc2)c(=O)cc1-c1cc(Cl)ccc1C(C)=O. The predicted octanol–water partition coefficient (Wildman–Crippen LogP) is 6.10. The molecule has 4 aromatic rings. The standard InChI is InChI=1S/C31H26ClN3O7.C2H6/c1-18(37)24-12-7-21(32)14-25(24)26-15-29(38)35(16-28(26)42-2)27(13-19-3-8-22(9-4-19)33-17-36)30(39)34-23-10-5-20(6-11-23)31(40)41;1-2/h3-12,14-17,27H,13H2,1-2H3,(H,33,36)(H,34,39)(H,40,41);1-2H3. The van der Waals surface area contributed by atoms with Crippen molar-refractivity contribution >= 4 is 47.0 Å². The normalized spacial score (nSPS) is 10.9. The van der Waals surface area contributed by atoms with Gasteiger partial charge in [0.15, 0.2) is 5.78 Å². The summed E-state index contributed by atoms with van der Waals surface area (Å²) in [5.41, 5.74) is 2.18. The number of benzene rings is 3. The van der Waals surface area contributed by atoms with Gasteiger partial charge in [-0.25, -0.2) is 4.79 Å². The second-order valence-corrected chi connectivity index (χ2v) is 9.73. The molecule has 0 aliphatic carbocycles. The summed E-state index contributed by atoms with van der Waals surface area (Å²) >= 11 is 6.21. The van der Waals surface area contributed by atoms with E-state index in [1.165, 1.54) is 55.1 Å². The maximum atomic E-state index is 13.7. The summed E-state index contributed by atoms with van der Waals surface area (Å²) in [6.07, 6.45) is 2.03. The minimum Gasteiger partial charge on any atom is -0.495 e. The van der Waals surface area contributed by atoms with E-state index in [1.54, 1.807) is 42.5 Å². The summed E-state index contributed by atoms with van der Waals surface area (Å²) in [4.78, 5) is 61.6. The van der Waals surface area contributed by atoms with E-state index in [-0.39, 0.29) is 23.5 Å². The van der Waals surface area contributed by atoms with Gasteiger partial charge in [0.25, 0.3) is 5.56 Å². The van der Waals surface area contributed by atoms with Gasteiger partial charge in [-0.2, -0.15) is 0 Å². The molecule has 4 rings (SSSR count). The molecular formula is C33H32ClN3O7. The Morgan fingerprint density at radius 3 is 2.16 bits per heavy atom. The number of carboxylic acids is 1. The molecule has 0 bridgehead atoms. The van der Waals surface area contributed by atoms with Crippen molar-refractivity contribution in [3.8, 4) is 16.9 Å². The van der Waals surface area contributed by atoms with Crippen molar-refractivity contribution in [3.63, 3.8) is 0 Å². The van der Waals surface area contributed by atoms with E-state index in [2.05, 4.69) is 10.6 Å². The zero-order valence-corrected chi connectivity index (χ0v) is 25.3. The molecule has 2 amide bonds. The van der Waals surface area contributed by atoms with Crippen molar-refractivity contribution in [2.24, 2.45) is 0 Å². The van der Waals surface area contributed by atoms with E-state index in [9.17, 15) is 29.1 Å². The molecule has 0 aliphatic heterocycles. The molecule has 44 heavy (non-hydrogen) atoms. The number of halogens is 1. The first-order chi connectivity index (χ1) is 21.1. The van der Waals surface area contributed by atoms with Gasteiger partial charge < -0.3 is 20.5 Å². The molecule has 1 heterocycles. The lowest BCUT2D eigenvalue weighted by Crippen LogP contribution is -2.34. The van der Waals surface area contributed by atoms with E-state index in [4.69, 9.17) is 16.3 Å². The van der Waals surface area contributed by atoms with Gasteiger partial charge in [0.2, 0.25) is 12.3 Å². The topological polar surface area (TPSA) is 144 Å². The number of hydrogen-bond acceptors (Lipinski definition) is 6. The van der Waals surface area contributed by atoms with Crippen LogP contribution in [-0.4, -0.2) is 40.9 Å². The number of rotatable bonds is 11. The maximum absolute atomic E-state index is 13.7. The molecule has 0 saturated heterocycles. The quantitative estimate of drug-likeness (QED) is 0.136. The molecule has 0 spiro atoms. The van der Waals surface area contributed by atoms with Gasteiger partial charge in [-0.3, -0.25) is 23.7 Å². The van der Waals surface area contributed by atoms with Gasteiger partial charge in [0.05, 0.1) is 18.9 Å². The number of nitrogens with zero attached hydrogens (tertiary/aromatic N) is 1. The number of methoxy groups -OCH3 is 1. The fraction of sp³-hybridized carbons (Fsp3) is 0.182. The maximum Gasteiger partial charge on any atom is 0.335 e. The number of amides is 2. The van der Waals surface area contributed by atoms with Crippen molar-refractivity contribution < 1.29 is 29.0 Å². The Labute approximate surface area is 259 Å². The highest BCUT2D eigenvalue weighted by Crippen LogP contribution is 2.34. The number of hydrogen-bond donors (Lipinski definition) is 3. The number of pyridine rings is 1. The van der Waals surface area contributed by atoms with Crippen LogP contribution in [0.25, 0.3) is 11.1 Å². The van der Waals surface area contributed by atoms with Crippen molar-refractivity contribution in [2.75, 3.05) is 17.7 Å². The number of Topliss-reactive ketones (excluding diaryl/α,β-unsaturated/α-hetero) is 1. The number of carbonyl (C=O) groups excluding carboxylic acids is 3. The number of aromatic carboxylic acids is 1. The molecule has 3 aromatic carbocycles. The molecule has 0 saturated carbocycles. The summed E-state index contributed by atoms with van der Waals surface area (Å²) in [5.74, 6) is -1.65. The zero-order chi connectivity index (χ0) is 32.4. The van der Waals surface area contributed by atoms with Crippen LogP contribution in [0.3, 0.4) is 0 Å². The molecule has 11 heteroatoms. The summed E-state index contributed by atoms with van der Waals surface area (Å²) in [5, 5.41) is 14.8. The zero-order valence-electron chi connectivity index (χ0n) is 24.6. The highest BCUT2D eigenvalue weighted by atomic mass is 35.5. The summed E-state index contributed by atoms with van der Waals surface area (Å²) in [6, 6.07) is 17.3. The third kappa shape index (κ3) is 7.99. The Kier molecular flexibility index (Phi) is 11.6. The molecule has 0 fully saturated rings. The molecule has 0 aliphatic rings. The van der Waals surface area contributed by atoms with Crippen molar-refractivity contribution in [3.05, 3.63) is 111 Å². The fourth-order valence-corrected chi connectivity index (χ4v) is 4.63. The molecule has 10 nitrogen and oxygen atoms in total. The minimum absolute atomic E-state index is 0.0519. The molecule has 1 atom stereocenters. The smallest absolute Gasteiger partial charge is 0.335 e. The fourth-order valence-electron chi connectivity index (χ4n) is 4.46. The Bertz CT molecular complexity index is 1720. The van der Waals surface area contributed by atoms with Gasteiger partial charge in [-0.05, 0) is 72.6 Å². The third-order valence-corrected chi connectivity index (χ3v) is 6.80. The summed E-state index contributed by atoms with van der Waals surface area (Å²) < 4.78 is 6.84. The molecule has 228 valence electrons. The number of ketones is 1. The van der Waals surface area contributed by atoms with Crippen molar-refractivity contribution in [2.45, 2.75) is 33.2 Å². The number of carboxylic acid groups (broad SMARTS) is 1. The van der Waals surface area contributed by atoms with Crippen molar-refractivity contribution in [1.82, 2.24) is 4.57 Å². The first-order valence-corrected chi connectivity index (χ1v) is 14.0. The van der Waals surface area contributed by atoms with E-state index in [1.807, 2.05) is 13.8 Å². The van der Waals surface area contributed by atoms with Crippen LogP contribution in [0.15, 0.2) is 83.8 Å². The number of ether oxygens (including phenoxy) is 1. The monoisotopic (exact) mass is 617 g/mol. The summed E-state index contributed by atoms with van der Waals surface area (Å²) in [6.45, 7) is 5.40. The first kappa shape index (κ1) is 33.3. The lowest BCUT2D eigenvalue weighted by Gasteiger charge is -2.22. The summed E-state index contributed by atoms with van der Waals surface area (Å²) in [7, 11) is 1.41. The number of carbonyl (C=O) groups is 4. The third-order valence-electron chi connectivity index (χ3n) is 6.56. The van der Waals surface area contributed by atoms with E-state index in [0.717, 1.165) is 0 Å². The predicted molar refractivity (Wildman–Crippen MR) is 170 cm³/mol. The van der Waals surface area contributed by atoms with Crippen LogP contribution in [0.2, 0.25) is 5.02 Å². The second kappa shape index (κ2) is 15.3. The largest absolute Gasteiger partial charge is 0.495 e. The lowest BCUT2D eigenvalue weighted by molar-refractivity contribution is -0.119. The average molecular weight is 618 g/mol. The number of aromatic nitrogens is 1. The number of nitrogens with one attached hydrogen (secondary N) is 2. The second-order valence-electron chi connectivity index (χ2n) is 9.30. The highest BCUT2D eigenvalue weighted by Gasteiger charge is 2.25. The van der Waals surface area contributed by atoms with E-state index < -0.39 is 23.5 Å². The molecule has 1 aromatic heterocycles. The molecule has 0 radical (unpaired) electrons. The average Bonchev–Trinajstić information content (AvgIpc) is 3.02. The Hall–Kier alpha value is -5.22. The van der Waals surface area contributed by atoms with Gasteiger partial charge in [0, 0.05) is 40.0 Å². The molecule has 1 unspecified atom stereocenters. The van der Waals surface area contributed by atoms with Gasteiger partial charge in [-0.15, -0.1) is 0 Å². The van der Waals surface area contributed by atoms with Crippen molar-refractivity contribution in [1.29, 1.82) is 0 Å².